The second-order valence-corrected chi connectivity index (χ2v) is 9.46. The number of alkyl halides is 3. The predicted molar refractivity (Wildman–Crippen MR) is 145 cm³/mol. The van der Waals surface area contributed by atoms with Crippen LogP contribution in [0, 0.1) is 18.6 Å². The maximum absolute atomic E-state index is 14.9. The average molecular weight is 592 g/mol. The standard InChI is InChI=1S/C28H26F5N5O4/c1-15-7-8-16(34-22(41)6-3-11-28(31,32)33)12-19(15)24-18-9-10-23(42)38(25-20(29)4-2-5-21(25)30)26(18)37-27(36-24)35-17(13-39)14-40/h2,4-5,7-10,12,17,39-40H,3,6,11,13-14H2,1H3,(H,34,41)(H,35,36,37). The number of carbonyl (C=O) groups is 1. The Kier molecular flexibility index (Phi) is 9.17. The Morgan fingerprint density at radius 2 is 1.71 bits per heavy atom. The number of amides is 1. The van der Waals surface area contributed by atoms with Gasteiger partial charge in [0.15, 0.2) is 5.65 Å². The SMILES string of the molecule is Cc1ccc(NC(=O)CCCC(F)(F)F)cc1-c1nc(NC(CO)CO)nc2c1ccc(=O)n2-c1c(F)cccc1F. The van der Waals surface area contributed by atoms with Crippen molar-refractivity contribution < 1.29 is 37.0 Å². The molecule has 1 amide bonds. The molecule has 0 saturated heterocycles. The lowest BCUT2D eigenvalue weighted by Gasteiger charge is -2.18. The summed E-state index contributed by atoms with van der Waals surface area (Å²) in [5, 5.41) is 24.6. The summed E-state index contributed by atoms with van der Waals surface area (Å²) >= 11 is 0. The molecule has 4 aromatic rings. The monoisotopic (exact) mass is 591 g/mol. The molecule has 0 bridgehead atoms. The first-order chi connectivity index (χ1) is 19.9. The Balaban J connectivity index is 1.88. The van der Waals surface area contributed by atoms with Crippen molar-refractivity contribution in [3.63, 3.8) is 0 Å². The molecule has 222 valence electrons. The van der Waals surface area contributed by atoms with Crippen LogP contribution in [-0.2, 0) is 4.79 Å². The van der Waals surface area contributed by atoms with Crippen molar-refractivity contribution in [2.24, 2.45) is 0 Å². The number of aromatic nitrogens is 3. The van der Waals surface area contributed by atoms with Crippen molar-refractivity contribution in [3.05, 3.63) is 76.1 Å². The maximum atomic E-state index is 14.9. The van der Waals surface area contributed by atoms with E-state index < -0.39 is 60.6 Å². The third-order valence-corrected chi connectivity index (χ3v) is 6.33. The van der Waals surface area contributed by atoms with Crippen molar-refractivity contribution in [1.29, 1.82) is 0 Å². The Hall–Kier alpha value is -4.43. The number of hydrogen-bond donors (Lipinski definition) is 4. The van der Waals surface area contributed by atoms with Gasteiger partial charge in [-0.25, -0.2) is 13.8 Å². The lowest BCUT2D eigenvalue weighted by atomic mass is 10.0. The van der Waals surface area contributed by atoms with Crippen LogP contribution < -0.4 is 16.2 Å². The number of anilines is 2. The van der Waals surface area contributed by atoms with Crippen LogP contribution in [0.2, 0.25) is 0 Å². The van der Waals surface area contributed by atoms with Gasteiger partial charge >= 0.3 is 6.18 Å². The van der Waals surface area contributed by atoms with Gasteiger partial charge in [0.25, 0.3) is 5.56 Å². The molecule has 14 heteroatoms. The van der Waals surface area contributed by atoms with E-state index in [2.05, 4.69) is 20.6 Å². The maximum Gasteiger partial charge on any atom is 0.389 e. The lowest BCUT2D eigenvalue weighted by molar-refractivity contribution is -0.136. The molecule has 42 heavy (non-hydrogen) atoms. The summed E-state index contributed by atoms with van der Waals surface area (Å²) < 4.78 is 67.9. The van der Waals surface area contributed by atoms with Crippen molar-refractivity contribution >= 4 is 28.6 Å². The molecule has 4 N–H and O–H groups in total. The lowest BCUT2D eigenvalue weighted by Crippen LogP contribution is -2.29. The number of halogens is 5. The molecule has 2 aromatic carbocycles. The molecule has 0 aliphatic rings. The Labute approximate surface area is 235 Å². The van der Waals surface area contributed by atoms with E-state index in [0.29, 0.717) is 11.1 Å². The minimum atomic E-state index is -4.38. The van der Waals surface area contributed by atoms with Crippen LogP contribution in [0.1, 0.15) is 24.8 Å². The number of benzene rings is 2. The Bertz CT molecular complexity index is 1650. The molecule has 0 radical (unpaired) electrons. The number of nitrogens with zero attached hydrogens (tertiary/aromatic N) is 3. The fraction of sp³-hybridized carbons (Fsp3) is 0.286. The molecule has 0 atom stereocenters. The minimum Gasteiger partial charge on any atom is -0.394 e. The molecule has 2 heterocycles. The number of aryl methyl sites for hydroxylation is 1. The number of pyridine rings is 1. The first-order valence-electron chi connectivity index (χ1n) is 12.8. The molecular formula is C28H26F5N5O4. The molecule has 9 nitrogen and oxygen atoms in total. The van der Waals surface area contributed by atoms with E-state index >= 15 is 0 Å². The molecule has 0 unspecified atom stereocenters. The van der Waals surface area contributed by atoms with Crippen LogP contribution in [0.3, 0.4) is 0 Å². The van der Waals surface area contributed by atoms with Crippen molar-refractivity contribution in [3.8, 4) is 16.9 Å². The molecule has 4 rings (SSSR count). The van der Waals surface area contributed by atoms with Crippen LogP contribution in [-0.4, -0.2) is 56.1 Å². The number of rotatable bonds is 10. The van der Waals surface area contributed by atoms with Crippen LogP contribution in [0.5, 0.6) is 0 Å². The Morgan fingerprint density at radius 1 is 1.02 bits per heavy atom. The zero-order valence-electron chi connectivity index (χ0n) is 22.2. The quantitative estimate of drug-likeness (QED) is 0.200. The van der Waals surface area contributed by atoms with E-state index in [-0.39, 0.29) is 41.2 Å². The van der Waals surface area contributed by atoms with Crippen LogP contribution in [0.15, 0.2) is 53.3 Å². The fourth-order valence-electron chi connectivity index (χ4n) is 4.26. The summed E-state index contributed by atoms with van der Waals surface area (Å²) in [5.74, 6) is -2.90. The largest absolute Gasteiger partial charge is 0.394 e. The number of para-hydroxylation sites is 1. The van der Waals surface area contributed by atoms with Gasteiger partial charge in [0.05, 0.1) is 24.9 Å². The zero-order valence-corrected chi connectivity index (χ0v) is 22.2. The highest BCUT2D eigenvalue weighted by atomic mass is 19.4. The van der Waals surface area contributed by atoms with E-state index in [9.17, 15) is 41.8 Å². The van der Waals surface area contributed by atoms with Crippen LogP contribution in [0.25, 0.3) is 28.0 Å². The van der Waals surface area contributed by atoms with E-state index in [1.807, 2.05) is 0 Å². The molecule has 0 saturated carbocycles. The molecule has 0 fully saturated rings. The van der Waals surface area contributed by atoms with E-state index in [1.54, 1.807) is 19.1 Å². The van der Waals surface area contributed by atoms with E-state index in [1.165, 1.54) is 12.1 Å². The number of aliphatic hydroxyl groups is 2. The first-order valence-corrected chi connectivity index (χ1v) is 12.8. The van der Waals surface area contributed by atoms with Crippen molar-refractivity contribution in [1.82, 2.24) is 14.5 Å². The minimum absolute atomic E-state index is 0.160. The van der Waals surface area contributed by atoms with Gasteiger partial charge in [0, 0.05) is 35.5 Å². The second kappa shape index (κ2) is 12.6. The number of aliphatic hydroxyl groups excluding tert-OH is 2. The fourth-order valence-corrected chi connectivity index (χ4v) is 4.26. The predicted octanol–water partition coefficient (Wildman–Crippen LogP) is 4.47. The van der Waals surface area contributed by atoms with Gasteiger partial charge in [0.1, 0.15) is 17.3 Å². The summed E-state index contributed by atoms with van der Waals surface area (Å²) in [6.45, 7) is 0.666. The summed E-state index contributed by atoms with van der Waals surface area (Å²) in [6, 6.07) is 9.29. The van der Waals surface area contributed by atoms with Crippen molar-refractivity contribution in [2.75, 3.05) is 23.8 Å². The molecule has 0 aliphatic carbocycles. The van der Waals surface area contributed by atoms with Gasteiger partial charge in [0.2, 0.25) is 11.9 Å². The number of hydrogen-bond acceptors (Lipinski definition) is 7. The molecule has 0 aliphatic heterocycles. The topological polar surface area (TPSA) is 129 Å². The van der Waals surface area contributed by atoms with Gasteiger partial charge < -0.3 is 20.8 Å². The van der Waals surface area contributed by atoms with E-state index in [0.717, 1.165) is 28.8 Å². The highest BCUT2D eigenvalue weighted by Crippen LogP contribution is 2.33. The number of carbonyl (C=O) groups excluding carboxylic acids is 1. The highest BCUT2D eigenvalue weighted by molar-refractivity contribution is 5.95. The van der Waals surface area contributed by atoms with Crippen LogP contribution >= 0.6 is 0 Å². The smallest absolute Gasteiger partial charge is 0.389 e. The van der Waals surface area contributed by atoms with Gasteiger partial charge in [-0.3, -0.25) is 14.2 Å². The third-order valence-electron chi connectivity index (χ3n) is 6.33. The zero-order chi connectivity index (χ0) is 30.6. The summed E-state index contributed by atoms with van der Waals surface area (Å²) in [6.07, 6.45) is -6.23. The normalized spacial score (nSPS) is 11.7. The summed E-state index contributed by atoms with van der Waals surface area (Å²) in [5.41, 5.74) is -0.274. The number of fused-ring (bicyclic) bond motifs is 1. The van der Waals surface area contributed by atoms with Gasteiger partial charge in [-0.1, -0.05) is 12.1 Å². The summed E-state index contributed by atoms with van der Waals surface area (Å²) in [4.78, 5) is 34.1. The van der Waals surface area contributed by atoms with Gasteiger partial charge in [-0.2, -0.15) is 18.2 Å². The summed E-state index contributed by atoms with van der Waals surface area (Å²) in [7, 11) is 0. The average Bonchev–Trinajstić information content (AvgIpc) is 2.92. The third kappa shape index (κ3) is 6.89. The number of nitrogens with one attached hydrogen (secondary N) is 2. The van der Waals surface area contributed by atoms with Crippen LogP contribution in [0.4, 0.5) is 33.6 Å². The first kappa shape index (κ1) is 30.5. The highest BCUT2D eigenvalue weighted by Gasteiger charge is 2.26. The van der Waals surface area contributed by atoms with Crippen molar-refractivity contribution in [2.45, 2.75) is 38.4 Å². The second-order valence-electron chi connectivity index (χ2n) is 9.46. The van der Waals surface area contributed by atoms with Gasteiger partial charge in [-0.05, 0) is 49.2 Å². The Morgan fingerprint density at radius 3 is 2.36 bits per heavy atom. The molecular weight excluding hydrogens is 565 g/mol. The molecule has 2 aromatic heterocycles. The van der Waals surface area contributed by atoms with E-state index in [4.69, 9.17) is 0 Å². The van der Waals surface area contributed by atoms with Gasteiger partial charge in [-0.15, -0.1) is 0 Å². The molecule has 0 spiro atoms.